The van der Waals surface area contributed by atoms with E-state index in [-0.39, 0.29) is 11.1 Å². The minimum absolute atomic E-state index is 0.162. The van der Waals surface area contributed by atoms with Gasteiger partial charge >= 0.3 is 12.1 Å². The Hall–Kier alpha value is -4.16. The SMILES string of the molecule is NC(=O)N/N=C/C(=O)c1ccc(C(=O)/C=N/NC(N)=O)c([N+](=O)[O-])c1. The van der Waals surface area contributed by atoms with Crippen LogP contribution in [0.4, 0.5) is 15.3 Å². The van der Waals surface area contributed by atoms with Crippen molar-refractivity contribution in [2.75, 3.05) is 0 Å². The molecule has 130 valence electrons. The van der Waals surface area contributed by atoms with Crippen molar-refractivity contribution in [3.05, 3.63) is 39.4 Å². The second kappa shape index (κ2) is 8.47. The number of amides is 4. The number of urea groups is 2. The van der Waals surface area contributed by atoms with Gasteiger partial charge in [0.05, 0.1) is 17.4 Å². The Balaban J connectivity index is 3.09. The smallest absolute Gasteiger partial charge is 0.332 e. The van der Waals surface area contributed by atoms with E-state index in [0.29, 0.717) is 12.4 Å². The zero-order valence-corrected chi connectivity index (χ0v) is 12.3. The first-order chi connectivity index (χ1) is 11.7. The van der Waals surface area contributed by atoms with Gasteiger partial charge in [-0.1, -0.05) is 0 Å². The number of benzene rings is 1. The average Bonchev–Trinajstić information content (AvgIpc) is 2.53. The summed E-state index contributed by atoms with van der Waals surface area (Å²) in [5, 5.41) is 17.5. The zero-order valence-electron chi connectivity index (χ0n) is 12.3. The Morgan fingerprint density at radius 1 is 1.00 bits per heavy atom. The lowest BCUT2D eigenvalue weighted by Crippen LogP contribution is -2.25. The molecule has 0 aliphatic carbocycles. The second-order valence-corrected chi connectivity index (χ2v) is 4.19. The molecule has 0 heterocycles. The molecule has 0 spiro atoms. The van der Waals surface area contributed by atoms with Gasteiger partial charge < -0.3 is 11.5 Å². The third-order valence-electron chi connectivity index (χ3n) is 2.46. The molecule has 0 saturated carbocycles. The molecule has 0 unspecified atom stereocenters. The molecular formula is C12H11N7O6. The molecule has 25 heavy (non-hydrogen) atoms. The van der Waals surface area contributed by atoms with E-state index < -0.39 is 34.2 Å². The monoisotopic (exact) mass is 349 g/mol. The Bertz CT molecular complexity index is 801. The lowest BCUT2D eigenvalue weighted by molar-refractivity contribution is -0.385. The van der Waals surface area contributed by atoms with Crippen molar-refractivity contribution in [2.24, 2.45) is 21.7 Å². The molecular weight excluding hydrogens is 338 g/mol. The zero-order chi connectivity index (χ0) is 19.0. The van der Waals surface area contributed by atoms with Crippen molar-refractivity contribution >= 4 is 41.7 Å². The summed E-state index contributed by atoms with van der Waals surface area (Å²) in [6.45, 7) is 0. The summed E-state index contributed by atoms with van der Waals surface area (Å²) in [6.07, 6.45) is 1.30. The van der Waals surface area contributed by atoms with Crippen molar-refractivity contribution < 1.29 is 24.1 Å². The van der Waals surface area contributed by atoms with Crippen LogP contribution in [0.3, 0.4) is 0 Å². The average molecular weight is 349 g/mol. The Morgan fingerprint density at radius 3 is 2.00 bits per heavy atom. The summed E-state index contributed by atoms with van der Waals surface area (Å²) in [4.78, 5) is 54.7. The molecule has 13 nitrogen and oxygen atoms in total. The molecule has 0 aliphatic heterocycles. The molecule has 1 aromatic carbocycles. The highest BCUT2D eigenvalue weighted by Gasteiger charge is 2.21. The van der Waals surface area contributed by atoms with E-state index in [1.807, 2.05) is 0 Å². The van der Waals surface area contributed by atoms with Gasteiger partial charge in [-0.2, -0.15) is 10.2 Å². The molecule has 1 rings (SSSR count). The summed E-state index contributed by atoms with van der Waals surface area (Å²) in [5.74, 6) is -1.68. The molecule has 0 radical (unpaired) electrons. The van der Waals surface area contributed by atoms with Crippen LogP contribution < -0.4 is 22.3 Å². The standard InChI is InChI=1S/C12H11N7O6/c13-11(22)17-15-4-9(20)6-1-2-7(8(3-6)19(24)25)10(21)5-16-18-12(14)23/h1-5H,(H3,13,17,22)(H3,14,18,23)/b15-4+,16-5+. The van der Waals surface area contributed by atoms with Crippen LogP contribution >= 0.6 is 0 Å². The van der Waals surface area contributed by atoms with Crippen LogP contribution in [-0.4, -0.2) is 41.0 Å². The molecule has 0 aromatic heterocycles. The molecule has 1 aromatic rings. The normalized spacial score (nSPS) is 10.6. The summed E-state index contributed by atoms with van der Waals surface area (Å²) >= 11 is 0. The number of Topliss-reactive ketones (excluding diaryl/α,β-unsaturated/α-hetero) is 2. The van der Waals surface area contributed by atoms with E-state index in [4.69, 9.17) is 11.5 Å². The fourth-order valence-electron chi connectivity index (χ4n) is 1.50. The second-order valence-electron chi connectivity index (χ2n) is 4.19. The first-order valence-corrected chi connectivity index (χ1v) is 6.26. The topological polar surface area (TPSA) is 212 Å². The van der Waals surface area contributed by atoms with Crippen LogP contribution in [-0.2, 0) is 0 Å². The molecule has 4 amide bonds. The summed E-state index contributed by atoms with van der Waals surface area (Å²) in [5.41, 5.74) is 11.8. The van der Waals surface area contributed by atoms with Gasteiger partial charge in [-0.05, 0) is 12.1 Å². The van der Waals surface area contributed by atoms with Crippen molar-refractivity contribution in [1.29, 1.82) is 0 Å². The van der Waals surface area contributed by atoms with Gasteiger partial charge in [0.25, 0.3) is 5.69 Å². The van der Waals surface area contributed by atoms with Crippen molar-refractivity contribution in [1.82, 2.24) is 10.9 Å². The number of hydrogen-bond donors (Lipinski definition) is 4. The molecule has 0 atom stereocenters. The van der Waals surface area contributed by atoms with Gasteiger partial charge in [-0.15, -0.1) is 0 Å². The lowest BCUT2D eigenvalue weighted by atomic mass is 10.0. The first kappa shape index (κ1) is 18.9. The molecule has 0 aliphatic rings. The largest absolute Gasteiger partial charge is 0.350 e. The molecule has 6 N–H and O–H groups in total. The van der Waals surface area contributed by atoms with Crippen molar-refractivity contribution in [3.8, 4) is 0 Å². The number of hydrogen-bond acceptors (Lipinski definition) is 8. The number of nitrogens with two attached hydrogens (primary N) is 2. The van der Waals surface area contributed by atoms with Crippen molar-refractivity contribution in [3.63, 3.8) is 0 Å². The third kappa shape index (κ3) is 5.85. The number of nitro groups is 1. The van der Waals surface area contributed by atoms with Gasteiger partial charge in [0.15, 0.2) is 0 Å². The van der Waals surface area contributed by atoms with Crippen LogP contribution in [0.25, 0.3) is 0 Å². The van der Waals surface area contributed by atoms with E-state index in [0.717, 1.165) is 18.2 Å². The van der Waals surface area contributed by atoms with Gasteiger partial charge in [-0.3, -0.25) is 19.7 Å². The molecule has 0 saturated heterocycles. The predicted molar refractivity (Wildman–Crippen MR) is 84.2 cm³/mol. The number of rotatable bonds is 7. The Kier molecular flexibility index (Phi) is 6.40. The Labute approximate surface area is 138 Å². The first-order valence-electron chi connectivity index (χ1n) is 6.26. The molecule has 0 bridgehead atoms. The quantitative estimate of drug-likeness (QED) is 0.215. The van der Waals surface area contributed by atoms with Crippen LogP contribution in [0.15, 0.2) is 28.4 Å². The van der Waals surface area contributed by atoms with E-state index in [2.05, 4.69) is 10.2 Å². The van der Waals surface area contributed by atoms with Crippen LogP contribution in [0.5, 0.6) is 0 Å². The maximum absolute atomic E-state index is 11.9. The number of nitrogens with one attached hydrogen (secondary N) is 2. The molecule has 0 fully saturated rings. The lowest BCUT2D eigenvalue weighted by Gasteiger charge is -2.01. The van der Waals surface area contributed by atoms with Crippen LogP contribution in [0, 0.1) is 10.1 Å². The number of nitro benzene ring substituents is 1. The van der Waals surface area contributed by atoms with Crippen LogP contribution in [0.2, 0.25) is 0 Å². The molecule has 13 heteroatoms. The summed E-state index contributed by atoms with van der Waals surface area (Å²) in [7, 11) is 0. The van der Waals surface area contributed by atoms with Gasteiger partial charge in [-0.25, -0.2) is 20.4 Å². The maximum atomic E-state index is 11.9. The van der Waals surface area contributed by atoms with E-state index in [9.17, 15) is 29.3 Å². The fourth-order valence-corrected chi connectivity index (χ4v) is 1.50. The highest BCUT2D eigenvalue weighted by atomic mass is 16.6. The highest BCUT2D eigenvalue weighted by molar-refractivity contribution is 6.38. The minimum Gasteiger partial charge on any atom is -0.350 e. The number of carbonyl (C=O) groups is 4. The Morgan fingerprint density at radius 2 is 1.52 bits per heavy atom. The van der Waals surface area contributed by atoms with Gasteiger partial charge in [0.1, 0.15) is 5.56 Å². The van der Waals surface area contributed by atoms with Gasteiger partial charge in [0, 0.05) is 11.6 Å². The maximum Gasteiger partial charge on any atom is 0.332 e. The number of hydrazone groups is 2. The summed E-state index contributed by atoms with van der Waals surface area (Å²) in [6, 6.07) is 0.984. The number of ketones is 2. The van der Waals surface area contributed by atoms with E-state index in [1.54, 1.807) is 10.9 Å². The fraction of sp³-hybridized carbons (Fsp3) is 0. The van der Waals surface area contributed by atoms with E-state index in [1.165, 1.54) is 0 Å². The third-order valence-corrected chi connectivity index (χ3v) is 2.46. The van der Waals surface area contributed by atoms with Gasteiger partial charge in [0.2, 0.25) is 11.6 Å². The van der Waals surface area contributed by atoms with E-state index >= 15 is 0 Å². The number of primary amides is 2. The van der Waals surface area contributed by atoms with Crippen molar-refractivity contribution in [2.45, 2.75) is 0 Å². The minimum atomic E-state index is -1.02. The number of carbonyl (C=O) groups excluding carboxylic acids is 4. The number of nitrogens with zero attached hydrogens (tertiary/aromatic N) is 3. The summed E-state index contributed by atoms with van der Waals surface area (Å²) < 4.78 is 0. The highest BCUT2D eigenvalue weighted by Crippen LogP contribution is 2.20. The predicted octanol–water partition coefficient (Wildman–Crippen LogP) is -0.732. The van der Waals surface area contributed by atoms with Crippen LogP contribution in [0.1, 0.15) is 20.7 Å².